The number of aliphatic hydroxyl groups is 2. The van der Waals surface area contributed by atoms with Crippen LogP contribution in [0.5, 0.6) is 0 Å². The molecule has 3 N–H and O–H groups in total. The Morgan fingerprint density at radius 1 is 1.62 bits per heavy atom. The molecule has 0 aliphatic heterocycles. The zero-order valence-corrected chi connectivity index (χ0v) is 7.60. The fourth-order valence-corrected chi connectivity index (χ4v) is 1.02. The van der Waals surface area contributed by atoms with Gasteiger partial charge in [-0.2, -0.15) is 0 Å². The van der Waals surface area contributed by atoms with Crippen LogP contribution in [0.3, 0.4) is 0 Å². The summed E-state index contributed by atoms with van der Waals surface area (Å²) >= 11 is 0. The monoisotopic (exact) mass is 185 g/mol. The summed E-state index contributed by atoms with van der Waals surface area (Å²) in [4.78, 5) is 0. The van der Waals surface area contributed by atoms with Crippen molar-refractivity contribution >= 4 is 0 Å². The van der Waals surface area contributed by atoms with Crippen LogP contribution in [0.1, 0.15) is 18.7 Å². The molecule has 0 saturated carbocycles. The van der Waals surface area contributed by atoms with Gasteiger partial charge in [0.2, 0.25) is 0 Å². The summed E-state index contributed by atoms with van der Waals surface area (Å²) < 4.78 is 5.15. The lowest BCUT2D eigenvalue weighted by Crippen LogP contribution is -2.31. The molecule has 0 saturated heterocycles. The van der Waals surface area contributed by atoms with E-state index in [-0.39, 0.29) is 12.6 Å². The van der Waals surface area contributed by atoms with Crippen molar-refractivity contribution in [2.45, 2.75) is 19.1 Å². The molecule has 1 heterocycles. The van der Waals surface area contributed by atoms with E-state index in [4.69, 9.17) is 14.6 Å². The molecule has 0 fully saturated rings. The van der Waals surface area contributed by atoms with Crippen molar-refractivity contribution in [3.8, 4) is 0 Å². The standard InChI is InChI=1S/C9H15NO3/c1-7(9-3-2-4-13-9)10-5-8(12)6-11/h2-4,7-8,10-12H,5-6H2,1H3/t7-,8?/m1/s1. The Hall–Kier alpha value is -0.840. The summed E-state index contributed by atoms with van der Waals surface area (Å²) in [6, 6.07) is 3.73. The normalized spacial score (nSPS) is 15.6. The third-order valence-electron chi connectivity index (χ3n) is 1.84. The van der Waals surface area contributed by atoms with Gasteiger partial charge in [0.05, 0.1) is 25.0 Å². The number of hydrogen-bond acceptors (Lipinski definition) is 4. The van der Waals surface area contributed by atoms with Gasteiger partial charge in [-0.05, 0) is 19.1 Å². The van der Waals surface area contributed by atoms with E-state index in [2.05, 4.69) is 5.32 Å². The molecule has 0 bridgehead atoms. The van der Waals surface area contributed by atoms with Gasteiger partial charge in [-0.25, -0.2) is 0 Å². The molecule has 2 atom stereocenters. The van der Waals surface area contributed by atoms with Crippen LogP contribution in [0, 0.1) is 0 Å². The molecular formula is C9H15NO3. The SMILES string of the molecule is C[C@@H](NCC(O)CO)c1ccco1. The summed E-state index contributed by atoms with van der Waals surface area (Å²) in [6.07, 6.45) is 0.896. The predicted octanol–water partition coefficient (Wildman–Crippen LogP) is 0.283. The van der Waals surface area contributed by atoms with E-state index in [0.29, 0.717) is 6.54 Å². The van der Waals surface area contributed by atoms with Crippen molar-refractivity contribution in [1.29, 1.82) is 0 Å². The van der Waals surface area contributed by atoms with Crippen molar-refractivity contribution in [2.24, 2.45) is 0 Å². The van der Waals surface area contributed by atoms with Crippen molar-refractivity contribution in [1.82, 2.24) is 5.32 Å². The van der Waals surface area contributed by atoms with Crippen LogP contribution in [-0.4, -0.2) is 29.5 Å². The third kappa shape index (κ3) is 3.18. The zero-order valence-electron chi connectivity index (χ0n) is 7.60. The second-order valence-corrected chi connectivity index (χ2v) is 2.98. The third-order valence-corrected chi connectivity index (χ3v) is 1.84. The molecule has 0 aliphatic rings. The molecule has 0 aromatic carbocycles. The Bertz CT molecular complexity index is 223. The van der Waals surface area contributed by atoms with E-state index in [1.54, 1.807) is 6.26 Å². The average molecular weight is 185 g/mol. The second-order valence-electron chi connectivity index (χ2n) is 2.98. The molecule has 1 unspecified atom stereocenters. The summed E-state index contributed by atoms with van der Waals surface area (Å²) in [6.45, 7) is 2.07. The summed E-state index contributed by atoms with van der Waals surface area (Å²) in [5.41, 5.74) is 0. The fourth-order valence-electron chi connectivity index (χ4n) is 1.02. The lowest BCUT2D eigenvalue weighted by atomic mass is 10.2. The largest absolute Gasteiger partial charge is 0.468 e. The molecule has 4 nitrogen and oxygen atoms in total. The Morgan fingerprint density at radius 2 is 2.38 bits per heavy atom. The molecule has 0 spiro atoms. The van der Waals surface area contributed by atoms with Gasteiger partial charge in [0.1, 0.15) is 5.76 Å². The molecule has 1 aromatic rings. The van der Waals surface area contributed by atoms with Crippen LogP contribution in [0.4, 0.5) is 0 Å². The number of hydrogen-bond donors (Lipinski definition) is 3. The molecule has 0 aliphatic carbocycles. The quantitative estimate of drug-likeness (QED) is 0.616. The molecule has 0 radical (unpaired) electrons. The van der Waals surface area contributed by atoms with Gasteiger partial charge in [-0.15, -0.1) is 0 Å². The van der Waals surface area contributed by atoms with Gasteiger partial charge in [-0.1, -0.05) is 0 Å². The molecular weight excluding hydrogens is 170 g/mol. The van der Waals surface area contributed by atoms with Gasteiger partial charge >= 0.3 is 0 Å². The number of nitrogens with one attached hydrogen (secondary N) is 1. The minimum absolute atomic E-state index is 0.0520. The number of furan rings is 1. The second kappa shape index (κ2) is 5.01. The minimum Gasteiger partial charge on any atom is -0.468 e. The highest BCUT2D eigenvalue weighted by Crippen LogP contribution is 2.11. The first-order valence-electron chi connectivity index (χ1n) is 4.29. The highest BCUT2D eigenvalue weighted by Gasteiger charge is 2.09. The van der Waals surface area contributed by atoms with Crippen LogP contribution in [0.2, 0.25) is 0 Å². The summed E-state index contributed by atoms with van der Waals surface area (Å²) in [5.74, 6) is 0.824. The first-order valence-corrected chi connectivity index (χ1v) is 4.29. The lowest BCUT2D eigenvalue weighted by molar-refractivity contribution is 0.0917. The van der Waals surface area contributed by atoms with Crippen molar-refractivity contribution in [3.05, 3.63) is 24.2 Å². The van der Waals surface area contributed by atoms with Gasteiger partial charge in [0.25, 0.3) is 0 Å². The molecule has 1 rings (SSSR count). The van der Waals surface area contributed by atoms with E-state index in [0.717, 1.165) is 5.76 Å². The highest BCUT2D eigenvalue weighted by molar-refractivity contribution is 5.02. The Balaban J connectivity index is 2.30. The van der Waals surface area contributed by atoms with Crippen LogP contribution < -0.4 is 5.32 Å². The first kappa shape index (κ1) is 10.2. The van der Waals surface area contributed by atoms with Crippen LogP contribution >= 0.6 is 0 Å². The minimum atomic E-state index is -0.711. The van der Waals surface area contributed by atoms with Gasteiger partial charge < -0.3 is 19.9 Å². The maximum atomic E-state index is 9.06. The fraction of sp³-hybridized carbons (Fsp3) is 0.556. The molecule has 0 amide bonds. The maximum Gasteiger partial charge on any atom is 0.120 e. The predicted molar refractivity (Wildman–Crippen MR) is 48.2 cm³/mol. The summed E-state index contributed by atoms with van der Waals surface area (Å²) in [5, 5.41) is 20.7. The van der Waals surface area contributed by atoms with Gasteiger partial charge in [-0.3, -0.25) is 0 Å². The van der Waals surface area contributed by atoms with E-state index >= 15 is 0 Å². The summed E-state index contributed by atoms with van der Waals surface area (Å²) in [7, 11) is 0. The van der Waals surface area contributed by atoms with E-state index in [1.807, 2.05) is 19.1 Å². The average Bonchev–Trinajstić information content (AvgIpc) is 2.66. The van der Waals surface area contributed by atoms with Crippen LogP contribution in [0.15, 0.2) is 22.8 Å². The molecule has 13 heavy (non-hydrogen) atoms. The zero-order chi connectivity index (χ0) is 9.68. The van der Waals surface area contributed by atoms with E-state index < -0.39 is 6.10 Å². The van der Waals surface area contributed by atoms with Gasteiger partial charge in [0.15, 0.2) is 0 Å². The highest BCUT2D eigenvalue weighted by atomic mass is 16.3. The van der Waals surface area contributed by atoms with Crippen molar-refractivity contribution in [2.75, 3.05) is 13.2 Å². The number of rotatable bonds is 5. The Labute approximate surface area is 77.2 Å². The smallest absolute Gasteiger partial charge is 0.120 e. The first-order chi connectivity index (χ1) is 6.24. The van der Waals surface area contributed by atoms with Crippen molar-refractivity contribution < 1.29 is 14.6 Å². The van der Waals surface area contributed by atoms with E-state index in [1.165, 1.54) is 0 Å². The number of aliphatic hydroxyl groups excluding tert-OH is 2. The maximum absolute atomic E-state index is 9.06. The topological polar surface area (TPSA) is 65.6 Å². The molecule has 1 aromatic heterocycles. The van der Waals surface area contributed by atoms with Crippen molar-refractivity contribution in [3.63, 3.8) is 0 Å². The molecule has 4 heteroatoms. The van der Waals surface area contributed by atoms with Crippen LogP contribution in [0.25, 0.3) is 0 Å². The lowest BCUT2D eigenvalue weighted by Gasteiger charge is -2.13. The van der Waals surface area contributed by atoms with Crippen LogP contribution in [-0.2, 0) is 0 Å². The Kier molecular flexibility index (Phi) is 3.95. The van der Waals surface area contributed by atoms with Gasteiger partial charge in [0, 0.05) is 6.54 Å². The Morgan fingerprint density at radius 3 is 2.92 bits per heavy atom. The molecule has 74 valence electrons. The van der Waals surface area contributed by atoms with E-state index in [9.17, 15) is 0 Å².